The fourth-order valence-electron chi connectivity index (χ4n) is 5.14. The summed E-state index contributed by atoms with van der Waals surface area (Å²) in [6.45, 7) is 6.46. The zero-order valence-corrected chi connectivity index (χ0v) is 21.5. The van der Waals surface area contributed by atoms with E-state index in [9.17, 15) is 19.2 Å². The van der Waals surface area contributed by atoms with Crippen LogP contribution in [0.25, 0.3) is 11.2 Å². The van der Waals surface area contributed by atoms with Crippen molar-refractivity contribution in [1.29, 1.82) is 0 Å². The van der Waals surface area contributed by atoms with E-state index in [2.05, 4.69) is 10.2 Å². The molecule has 2 unspecified atom stereocenters. The number of primary amides is 1. The molecular formula is C24H36N8O4. The number of nitrogens with two attached hydrogens (primary N) is 1. The summed E-state index contributed by atoms with van der Waals surface area (Å²) in [5.74, 6) is 0.0511. The minimum absolute atomic E-state index is 0.0284. The number of carbonyl (C=O) groups is 2. The molecule has 36 heavy (non-hydrogen) atoms. The fourth-order valence-corrected chi connectivity index (χ4v) is 5.14. The third-order valence-corrected chi connectivity index (χ3v) is 7.16. The third kappa shape index (κ3) is 4.81. The lowest BCUT2D eigenvalue weighted by Crippen LogP contribution is -2.51. The van der Waals surface area contributed by atoms with Gasteiger partial charge in [0.2, 0.25) is 17.8 Å². The first-order chi connectivity index (χ1) is 17.1. The van der Waals surface area contributed by atoms with Gasteiger partial charge in [0.15, 0.2) is 11.2 Å². The molecule has 3 N–H and O–H groups in total. The number of aromatic nitrogens is 4. The van der Waals surface area contributed by atoms with Crippen molar-refractivity contribution in [2.75, 3.05) is 31.1 Å². The molecule has 4 heterocycles. The number of nitrogens with one attached hydrogen (secondary N) is 1. The monoisotopic (exact) mass is 500 g/mol. The zero-order chi connectivity index (χ0) is 26.1. The van der Waals surface area contributed by atoms with Gasteiger partial charge in [-0.2, -0.15) is 4.98 Å². The number of fused-ring (bicyclic) bond motifs is 1. The quantitative estimate of drug-likeness (QED) is 0.485. The Bertz CT molecular complexity index is 1320. The fraction of sp³-hybridized carbons (Fsp3) is 0.625. The maximum Gasteiger partial charge on any atom is 0.332 e. The van der Waals surface area contributed by atoms with Crippen molar-refractivity contribution in [3.05, 3.63) is 32.5 Å². The average Bonchev–Trinajstić information content (AvgIpc) is 3.49. The number of carbonyl (C=O) groups excluding carboxylic acids is 2. The van der Waals surface area contributed by atoms with Crippen molar-refractivity contribution in [2.24, 2.45) is 19.8 Å². The number of hydrogen-bond acceptors (Lipinski definition) is 7. The summed E-state index contributed by atoms with van der Waals surface area (Å²) < 4.78 is 4.39. The SMILES string of the molecule is CC(C)=CCn1c(N2CCCC(NCC(=O)N3CCCC3C(N)=O)C2)nc2c1c(=O)n(C)c(=O)n2C. The molecule has 196 valence electrons. The second-order valence-corrected chi connectivity index (χ2v) is 10.00. The van der Waals surface area contributed by atoms with Crippen molar-refractivity contribution >= 4 is 28.9 Å². The van der Waals surface area contributed by atoms with Crippen LogP contribution in [-0.4, -0.2) is 73.7 Å². The Kier molecular flexibility index (Phi) is 7.34. The van der Waals surface area contributed by atoms with Gasteiger partial charge < -0.3 is 25.4 Å². The van der Waals surface area contributed by atoms with E-state index in [1.807, 2.05) is 24.5 Å². The minimum atomic E-state index is -0.522. The second kappa shape index (κ2) is 10.3. The highest BCUT2D eigenvalue weighted by atomic mass is 16.2. The number of allylic oxidation sites excluding steroid dienone is 2. The van der Waals surface area contributed by atoms with Gasteiger partial charge in [0.25, 0.3) is 5.56 Å². The van der Waals surface area contributed by atoms with Crippen LogP contribution in [0.4, 0.5) is 5.95 Å². The summed E-state index contributed by atoms with van der Waals surface area (Å²) in [4.78, 5) is 58.4. The average molecular weight is 501 g/mol. The maximum atomic E-state index is 13.1. The Hall–Kier alpha value is -3.41. The lowest BCUT2D eigenvalue weighted by atomic mass is 10.1. The number of aryl methyl sites for hydroxylation is 1. The van der Waals surface area contributed by atoms with E-state index in [1.165, 1.54) is 11.6 Å². The Morgan fingerprint density at radius 1 is 1.11 bits per heavy atom. The molecule has 12 nitrogen and oxygen atoms in total. The Morgan fingerprint density at radius 2 is 1.83 bits per heavy atom. The molecule has 2 aliphatic rings. The smallest absolute Gasteiger partial charge is 0.332 e. The lowest BCUT2D eigenvalue weighted by Gasteiger charge is -2.34. The van der Waals surface area contributed by atoms with Crippen LogP contribution >= 0.6 is 0 Å². The van der Waals surface area contributed by atoms with E-state index in [-0.39, 0.29) is 24.1 Å². The summed E-state index contributed by atoms with van der Waals surface area (Å²) in [7, 11) is 3.10. The van der Waals surface area contributed by atoms with Crippen molar-refractivity contribution in [3.8, 4) is 0 Å². The summed E-state index contributed by atoms with van der Waals surface area (Å²) in [5.41, 5.74) is 6.53. The summed E-state index contributed by atoms with van der Waals surface area (Å²) in [6.07, 6.45) is 5.18. The van der Waals surface area contributed by atoms with Gasteiger partial charge >= 0.3 is 5.69 Å². The van der Waals surface area contributed by atoms with Crippen LogP contribution < -0.4 is 27.2 Å². The number of anilines is 1. The molecule has 2 aromatic rings. The topological polar surface area (TPSA) is 140 Å². The predicted octanol–water partition coefficient (Wildman–Crippen LogP) is -0.565. The van der Waals surface area contributed by atoms with Crippen molar-refractivity contribution in [3.63, 3.8) is 0 Å². The van der Waals surface area contributed by atoms with Crippen LogP contribution in [0.3, 0.4) is 0 Å². The molecular weight excluding hydrogens is 464 g/mol. The van der Waals surface area contributed by atoms with Crippen molar-refractivity contribution in [1.82, 2.24) is 28.9 Å². The van der Waals surface area contributed by atoms with Crippen molar-refractivity contribution < 1.29 is 9.59 Å². The van der Waals surface area contributed by atoms with E-state index in [0.29, 0.717) is 43.2 Å². The number of rotatable bonds is 7. The first-order valence-electron chi connectivity index (χ1n) is 12.5. The lowest BCUT2D eigenvalue weighted by molar-refractivity contribution is -0.136. The molecule has 12 heteroatoms. The molecule has 0 aliphatic carbocycles. The van der Waals surface area contributed by atoms with E-state index in [1.54, 1.807) is 11.9 Å². The summed E-state index contributed by atoms with van der Waals surface area (Å²) in [6, 6.07) is -0.493. The van der Waals surface area contributed by atoms with Gasteiger partial charge in [-0.05, 0) is 39.5 Å². The second-order valence-electron chi connectivity index (χ2n) is 10.00. The first-order valence-corrected chi connectivity index (χ1v) is 12.5. The molecule has 0 spiro atoms. The molecule has 2 amide bonds. The maximum absolute atomic E-state index is 13.1. The highest BCUT2D eigenvalue weighted by Crippen LogP contribution is 2.24. The normalized spacial score (nSPS) is 20.2. The standard InChI is InChI=1S/C24H36N8O4/c1-15(2)9-12-32-19-21(28(3)24(36)29(4)22(19)35)27-23(32)30-10-5-7-16(14-30)26-13-18(33)31-11-6-8-17(31)20(25)34/h9,16-17,26H,5-8,10-14H2,1-4H3,(H2,25,34). The summed E-state index contributed by atoms with van der Waals surface area (Å²) >= 11 is 0. The first kappa shape index (κ1) is 25.7. The molecule has 0 saturated carbocycles. The minimum Gasteiger partial charge on any atom is -0.368 e. The van der Waals surface area contributed by atoms with Gasteiger partial charge in [-0.3, -0.25) is 23.5 Å². The zero-order valence-electron chi connectivity index (χ0n) is 21.5. The van der Waals surface area contributed by atoms with E-state index >= 15 is 0 Å². The van der Waals surface area contributed by atoms with E-state index in [4.69, 9.17) is 10.7 Å². The van der Waals surface area contributed by atoms with Crippen LogP contribution in [-0.2, 0) is 30.2 Å². The molecule has 2 fully saturated rings. The number of nitrogens with zero attached hydrogens (tertiary/aromatic N) is 6. The number of imidazole rings is 1. The molecule has 2 aliphatic heterocycles. The Labute approximate surface area is 209 Å². The number of hydrogen-bond donors (Lipinski definition) is 2. The van der Waals surface area contributed by atoms with Gasteiger partial charge in [0.05, 0.1) is 6.54 Å². The molecule has 0 aromatic carbocycles. The van der Waals surface area contributed by atoms with Gasteiger partial charge in [0.1, 0.15) is 6.04 Å². The molecule has 0 bridgehead atoms. The highest BCUT2D eigenvalue weighted by molar-refractivity contribution is 5.88. The van der Waals surface area contributed by atoms with Crippen LogP contribution in [0.2, 0.25) is 0 Å². The number of piperidine rings is 1. The molecule has 2 saturated heterocycles. The number of likely N-dealkylation sites (tertiary alicyclic amines) is 1. The van der Waals surface area contributed by atoms with Crippen LogP contribution in [0.15, 0.2) is 21.2 Å². The highest BCUT2D eigenvalue weighted by Gasteiger charge is 2.33. The van der Waals surface area contributed by atoms with Gasteiger partial charge in [0, 0.05) is 46.3 Å². The van der Waals surface area contributed by atoms with Gasteiger partial charge in [-0.25, -0.2) is 4.79 Å². The van der Waals surface area contributed by atoms with E-state index in [0.717, 1.165) is 35.9 Å². The predicted molar refractivity (Wildman–Crippen MR) is 137 cm³/mol. The van der Waals surface area contributed by atoms with Gasteiger partial charge in [-0.15, -0.1) is 0 Å². The Balaban J connectivity index is 1.58. The van der Waals surface area contributed by atoms with E-state index < -0.39 is 17.6 Å². The number of amides is 2. The third-order valence-electron chi connectivity index (χ3n) is 7.16. The molecule has 2 aromatic heterocycles. The molecule has 2 atom stereocenters. The van der Waals surface area contributed by atoms with Crippen LogP contribution in [0.1, 0.15) is 39.5 Å². The van der Waals surface area contributed by atoms with Crippen molar-refractivity contribution in [2.45, 2.75) is 58.2 Å². The van der Waals surface area contributed by atoms with Crippen LogP contribution in [0.5, 0.6) is 0 Å². The largest absolute Gasteiger partial charge is 0.368 e. The Morgan fingerprint density at radius 3 is 2.53 bits per heavy atom. The van der Waals surface area contributed by atoms with Crippen LogP contribution in [0, 0.1) is 0 Å². The molecule has 4 rings (SSSR count). The summed E-state index contributed by atoms with van der Waals surface area (Å²) in [5, 5.41) is 3.35. The molecule has 0 radical (unpaired) electrons. The van der Waals surface area contributed by atoms with Gasteiger partial charge in [-0.1, -0.05) is 11.6 Å².